The van der Waals surface area contributed by atoms with Crippen LogP contribution in [-0.4, -0.2) is 33.8 Å². The summed E-state index contributed by atoms with van der Waals surface area (Å²) in [6.45, 7) is 3.59. The molecule has 114 valence electrons. The van der Waals surface area contributed by atoms with Gasteiger partial charge in [-0.2, -0.15) is 5.10 Å². The van der Waals surface area contributed by atoms with Gasteiger partial charge >= 0.3 is 0 Å². The highest BCUT2D eigenvalue weighted by atomic mass is 35.5. The molecule has 1 aliphatic heterocycles. The van der Waals surface area contributed by atoms with Gasteiger partial charge in [0, 0.05) is 37.4 Å². The van der Waals surface area contributed by atoms with Crippen LogP contribution in [0.4, 0.5) is 4.39 Å². The van der Waals surface area contributed by atoms with Gasteiger partial charge in [0.25, 0.3) is 0 Å². The zero-order valence-corrected chi connectivity index (χ0v) is 12.6. The number of nitrogens with two attached hydrogens (primary N) is 1. The maximum absolute atomic E-state index is 12.9. The Bertz CT molecular complexity index is 569. The molecule has 0 aliphatic carbocycles. The number of hydrogen-bond acceptors (Lipinski definition) is 3. The number of likely N-dealkylation sites (tertiary alicyclic amines) is 1. The minimum atomic E-state index is -0.208. The van der Waals surface area contributed by atoms with E-state index in [9.17, 15) is 4.39 Å². The minimum absolute atomic E-state index is 0. The van der Waals surface area contributed by atoms with Crippen LogP contribution in [0.5, 0.6) is 0 Å². The Balaban J connectivity index is 0.00000161. The van der Waals surface area contributed by atoms with E-state index in [0.717, 1.165) is 31.6 Å². The first-order valence-corrected chi connectivity index (χ1v) is 6.93. The summed E-state index contributed by atoms with van der Waals surface area (Å²) >= 11 is 0. The first kappa shape index (κ1) is 15.9. The van der Waals surface area contributed by atoms with E-state index in [1.165, 1.54) is 17.7 Å². The van der Waals surface area contributed by atoms with Crippen molar-refractivity contribution in [3.05, 3.63) is 53.6 Å². The summed E-state index contributed by atoms with van der Waals surface area (Å²) in [5.41, 5.74) is 8.15. The molecule has 4 nitrogen and oxygen atoms in total. The molecule has 1 atom stereocenters. The van der Waals surface area contributed by atoms with Crippen LogP contribution < -0.4 is 5.73 Å². The van der Waals surface area contributed by atoms with E-state index in [1.807, 2.05) is 17.1 Å². The molecule has 0 amide bonds. The Kier molecular flexibility index (Phi) is 5.33. The Morgan fingerprint density at radius 1 is 1.19 bits per heavy atom. The van der Waals surface area contributed by atoms with Crippen molar-refractivity contribution >= 4 is 12.4 Å². The van der Waals surface area contributed by atoms with Gasteiger partial charge in [0.05, 0.1) is 12.7 Å². The Morgan fingerprint density at radius 2 is 1.95 bits per heavy atom. The number of benzene rings is 1. The molecule has 6 heteroatoms. The Morgan fingerprint density at radius 3 is 2.62 bits per heavy atom. The zero-order chi connectivity index (χ0) is 13.9. The van der Waals surface area contributed by atoms with Gasteiger partial charge in [0.2, 0.25) is 0 Å². The molecule has 0 saturated carbocycles. The van der Waals surface area contributed by atoms with Crippen LogP contribution in [0.2, 0.25) is 0 Å². The smallest absolute Gasteiger partial charge is 0.123 e. The molecule has 0 spiro atoms. The van der Waals surface area contributed by atoms with Crippen molar-refractivity contribution in [3.8, 4) is 0 Å². The lowest BCUT2D eigenvalue weighted by Crippen LogP contribution is -2.26. The van der Waals surface area contributed by atoms with Gasteiger partial charge in [-0.25, -0.2) is 4.39 Å². The lowest BCUT2D eigenvalue weighted by Gasteiger charge is -2.13. The zero-order valence-electron chi connectivity index (χ0n) is 11.8. The second kappa shape index (κ2) is 7.02. The summed E-state index contributed by atoms with van der Waals surface area (Å²) in [5, 5.41) is 4.36. The van der Waals surface area contributed by atoms with E-state index in [2.05, 4.69) is 10.00 Å². The fourth-order valence-corrected chi connectivity index (χ4v) is 2.62. The van der Waals surface area contributed by atoms with Crippen LogP contribution in [-0.2, 0) is 13.1 Å². The van der Waals surface area contributed by atoms with E-state index in [1.54, 1.807) is 12.1 Å². The van der Waals surface area contributed by atoms with Gasteiger partial charge in [-0.15, -0.1) is 12.4 Å². The quantitative estimate of drug-likeness (QED) is 0.940. The van der Waals surface area contributed by atoms with Crippen molar-refractivity contribution in [2.75, 3.05) is 13.1 Å². The van der Waals surface area contributed by atoms with E-state index in [0.29, 0.717) is 12.6 Å². The van der Waals surface area contributed by atoms with E-state index < -0.39 is 0 Å². The summed E-state index contributed by atoms with van der Waals surface area (Å²) < 4.78 is 14.7. The third kappa shape index (κ3) is 4.27. The summed E-state index contributed by atoms with van der Waals surface area (Å²) in [6, 6.07) is 6.84. The van der Waals surface area contributed by atoms with Crippen molar-refractivity contribution < 1.29 is 4.39 Å². The molecule has 0 radical (unpaired) electrons. The third-order valence-electron chi connectivity index (χ3n) is 3.66. The maximum atomic E-state index is 12.9. The van der Waals surface area contributed by atoms with Gasteiger partial charge in [0.15, 0.2) is 0 Å². The van der Waals surface area contributed by atoms with Gasteiger partial charge < -0.3 is 5.73 Å². The summed E-state index contributed by atoms with van der Waals surface area (Å²) in [6.07, 6.45) is 5.02. The average molecular weight is 311 g/mol. The topological polar surface area (TPSA) is 47.1 Å². The number of rotatable bonds is 4. The van der Waals surface area contributed by atoms with Gasteiger partial charge in [0.1, 0.15) is 5.82 Å². The van der Waals surface area contributed by atoms with Crippen molar-refractivity contribution in [1.29, 1.82) is 0 Å². The van der Waals surface area contributed by atoms with Gasteiger partial charge in [-0.3, -0.25) is 9.58 Å². The molecular formula is C15H20ClFN4. The predicted octanol–water partition coefficient (Wildman–Crippen LogP) is 2.03. The van der Waals surface area contributed by atoms with Crippen molar-refractivity contribution in [2.45, 2.75) is 25.6 Å². The number of aromatic nitrogens is 2. The van der Waals surface area contributed by atoms with Crippen LogP contribution in [0, 0.1) is 5.82 Å². The second-order valence-corrected chi connectivity index (χ2v) is 5.46. The lowest BCUT2D eigenvalue weighted by molar-refractivity contribution is 0.327. The second-order valence-electron chi connectivity index (χ2n) is 5.46. The van der Waals surface area contributed by atoms with E-state index in [-0.39, 0.29) is 18.2 Å². The maximum Gasteiger partial charge on any atom is 0.123 e. The first-order chi connectivity index (χ1) is 9.69. The SMILES string of the molecule is Cl.N[C@@H]1CCN(Cc2cnn(Cc3ccc(F)cc3)c2)C1. The lowest BCUT2D eigenvalue weighted by atomic mass is 10.2. The van der Waals surface area contributed by atoms with Gasteiger partial charge in [-0.05, 0) is 24.1 Å². The van der Waals surface area contributed by atoms with Crippen LogP contribution in [0.15, 0.2) is 36.7 Å². The molecule has 2 heterocycles. The molecule has 0 bridgehead atoms. The highest BCUT2D eigenvalue weighted by molar-refractivity contribution is 5.85. The van der Waals surface area contributed by atoms with Crippen molar-refractivity contribution in [3.63, 3.8) is 0 Å². The largest absolute Gasteiger partial charge is 0.326 e. The van der Waals surface area contributed by atoms with Crippen LogP contribution in [0.1, 0.15) is 17.5 Å². The molecule has 2 aromatic rings. The van der Waals surface area contributed by atoms with Crippen LogP contribution in [0.25, 0.3) is 0 Å². The van der Waals surface area contributed by atoms with Crippen molar-refractivity contribution in [2.24, 2.45) is 5.73 Å². The molecule has 3 rings (SSSR count). The summed E-state index contributed by atoms with van der Waals surface area (Å²) in [7, 11) is 0. The van der Waals surface area contributed by atoms with E-state index in [4.69, 9.17) is 5.73 Å². The van der Waals surface area contributed by atoms with Crippen LogP contribution >= 0.6 is 12.4 Å². The van der Waals surface area contributed by atoms with E-state index >= 15 is 0 Å². The first-order valence-electron chi connectivity index (χ1n) is 6.93. The number of halogens is 2. The predicted molar refractivity (Wildman–Crippen MR) is 82.8 cm³/mol. The molecule has 1 saturated heterocycles. The molecule has 1 aromatic heterocycles. The molecular weight excluding hydrogens is 291 g/mol. The molecule has 21 heavy (non-hydrogen) atoms. The summed E-state index contributed by atoms with van der Waals surface area (Å²) in [5.74, 6) is -0.208. The monoisotopic (exact) mass is 310 g/mol. The Labute approximate surface area is 130 Å². The highest BCUT2D eigenvalue weighted by Gasteiger charge is 2.19. The molecule has 1 fully saturated rings. The third-order valence-corrected chi connectivity index (χ3v) is 3.66. The molecule has 0 unspecified atom stereocenters. The standard InChI is InChI=1S/C15H19FN4.ClH/c16-14-3-1-12(2-4-14)9-20-10-13(7-18-20)8-19-6-5-15(17)11-19;/h1-4,7,10,15H,5-6,8-9,11,17H2;1H/t15-;/m1./s1. The van der Waals surface area contributed by atoms with Gasteiger partial charge in [-0.1, -0.05) is 12.1 Å². The normalized spacial score (nSPS) is 18.7. The fourth-order valence-electron chi connectivity index (χ4n) is 2.62. The highest BCUT2D eigenvalue weighted by Crippen LogP contribution is 2.12. The molecule has 1 aliphatic rings. The molecule has 1 aromatic carbocycles. The summed E-state index contributed by atoms with van der Waals surface area (Å²) in [4.78, 5) is 2.35. The van der Waals surface area contributed by atoms with Crippen LogP contribution in [0.3, 0.4) is 0 Å². The number of nitrogens with zero attached hydrogens (tertiary/aromatic N) is 3. The number of hydrogen-bond donors (Lipinski definition) is 1. The van der Waals surface area contributed by atoms with Crippen molar-refractivity contribution in [1.82, 2.24) is 14.7 Å². The Hall–Kier alpha value is -1.43. The minimum Gasteiger partial charge on any atom is -0.326 e. The average Bonchev–Trinajstić information content (AvgIpc) is 3.02. The molecule has 2 N–H and O–H groups in total. The fraction of sp³-hybridized carbons (Fsp3) is 0.400.